The van der Waals surface area contributed by atoms with Crippen LogP contribution in [0.4, 0.5) is 5.82 Å². The van der Waals surface area contributed by atoms with Crippen molar-refractivity contribution >= 4 is 17.6 Å². The van der Waals surface area contributed by atoms with Crippen molar-refractivity contribution < 1.29 is 9.59 Å². The summed E-state index contributed by atoms with van der Waals surface area (Å²) >= 11 is 0. The second kappa shape index (κ2) is 8.56. The van der Waals surface area contributed by atoms with Crippen molar-refractivity contribution in [3.05, 3.63) is 23.9 Å². The molecule has 1 aliphatic carbocycles. The summed E-state index contributed by atoms with van der Waals surface area (Å²) in [7, 11) is 0. The molecule has 1 N–H and O–H groups in total. The van der Waals surface area contributed by atoms with Gasteiger partial charge in [-0.2, -0.15) is 0 Å². The summed E-state index contributed by atoms with van der Waals surface area (Å²) in [5.41, 5.74) is 0.649. The van der Waals surface area contributed by atoms with Gasteiger partial charge in [-0.15, -0.1) is 0 Å². The Kier molecular flexibility index (Phi) is 5.66. The summed E-state index contributed by atoms with van der Waals surface area (Å²) in [6, 6.07) is 4.33. The Labute approximate surface area is 179 Å². The van der Waals surface area contributed by atoms with E-state index < -0.39 is 0 Å². The molecule has 4 heterocycles. The van der Waals surface area contributed by atoms with Crippen molar-refractivity contribution in [2.24, 2.45) is 17.8 Å². The molecule has 1 aromatic rings. The molecule has 3 aliphatic heterocycles. The highest BCUT2D eigenvalue weighted by Crippen LogP contribution is 2.38. The van der Waals surface area contributed by atoms with Crippen molar-refractivity contribution in [3.63, 3.8) is 0 Å². The largest absolute Gasteiger partial charge is 0.356 e. The van der Waals surface area contributed by atoms with Crippen LogP contribution in [0.5, 0.6) is 0 Å². The molecule has 3 atom stereocenters. The number of carbonyl (C=O) groups is 2. The van der Waals surface area contributed by atoms with Gasteiger partial charge in [0.05, 0.1) is 5.56 Å². The van der Waals surface area contributed by atoms with Gasteiger partial charge in [-0.3, -0.25) is 9.59 Å². The van der Waals surface area contributed by atoms with Gasteiger partial charge < -0.3 is 15.1 Å². The van der Waals surface area contributed by atoms with Gasteiger partial charge in [0.15, 0.2) is 0 Å². The van der Waals surface area contributed by atoms with Gasteiger partial charge in [0.1, 0.15) is 5.82 Å². The van der Waals surface area contributed by atoms with Gasteiger partial charge >= 0.3 is 0 Å². The quantitative estimate of drug-likeness (QED) is 0.828. The van der Waals surface area contributed by atoms with E-state index in [4.69, 9.17) is 0 Å². The topological polar surface area (TPSA) is 65.5 Å². The van der Waals surface area contributed by atoms with Crippen molar-refractivity contribution in [2.75, 3.05) is 31.1 Å². The lowest BCUT2D eigenvalue weighted by Gasteiger charge is -2.52. The first-order valence-electron chi connectivity index (χ1n) is 12.0. The standard InChI is InChI=1S/C24H34N4O2/c29-23-8-4-7-21-20-11-18(15-28(21)23)14-27(16-20)22-10-9-19(13-25-22)24(30)26-12-17-5-2-1-3-6-17/h9-10,13,17-18,20-21H,1-8,11-12,14-16H2,(H,26,30)/t18-,20-,21-/m1/s1. The molecule has 0 unspecified atom stereocenters. The molecule has 6 nitrogen and oxygen atoms in total. The van der Waals surface area contributed by atoms with Crippen LogP contribution in [0.3, 0.4) is 0 Å². The second-order valence-corrected chi connectivity index (χ2v) is 9.89. The molecule has 3 saturated heterocycles. The molecule has 5 rings (SSSR count). The first-order valence-corrected chi connectivity index (χ1v) is 12.0. The Balaban J connectivity index is 1.19. The summed E-state index contributed by atoms with van der Waals surface area (Å²) in [4.78, 5) is 34.0. The molecule has 0 spiro atoms. The Hall–Kier alpha value is -2.11. The molecular formula is C24H34N4O2. The number of nitrogens with one attached hydrogen (secondary N) is 1. The van der Waals surface area contributed by atoms with Crippen LogP contribution < -0.4 is 10.2 Å². The number of hydrogen-bond donors (Lipinski definition) is 1. The zero-order valence-corrected chi connectivity index (χ0v) is 17.9. The second-order valence-electron chi connectivity index (χ2n) is 9.89. The van der Waals surface area contributed by atoms with E-state index >= 15 is 0 Å². The van der Waals surface area contributed by atoms with E-state index in [2.05, 4.69) is 20.1 Å². The van der Waals surface area contributed by atoms with Crippen LogP contribution in [-0.4, -0.2) is 53.9 Å². The Morgan fingerprint density at radius 3 is 2.73 bits per heavy atom. The van der Waals surface area contributed by atoms with E-state index in [1.807, 2.05) is 12.1 Å². The van der Waals surface area contributed by atoms with Gasteiger partial charge in [0, 0.05) is 44.8 Å². The maximum Gasteiger partial charge on any atom is 0.252 e. The highest BCUT2D eigenvalue weighted by Gasteiger charge is 2.44. The average molecular weight is 411 g/mol. The number of carbonyl (C=O) groups excluding carboxylic acids is 2. The van der Waals surface area contributed by atoms with E-state index in [9.17, 15) is 9.59 Å². The normalized spacial score (nSPS) is 29.5. The van der Waals surface area contributed by atoms with Gasteiger partial charge in [0.25, 0.3) is 5.91 Å². The number of fused-ring (bicyclic) bond motifs is 4. The van der Waals surface area contributed by atoms with E-state index in [1.54, 1.807) is 6.20 Å². The van der Waals surface area contributed by atoms with Crippen LogP contribution in [0.1, 0.15) is 68.1 Å². The van der Waals surface area contributed by atoms with Gasteiger partial charge in [0.2, 0.25) is 5.91 Å². The van der Waals surface area contributed by atoms with Crippen LogP contribution in [0, 0.1) is 17.8 Å². The zero-order chi connectivity index (χ0) is 20.5. The lowest BCUT2D eigenvalue weighted by molar-refractivity contribution is -0.142. The van der Waals surface area contributed by atoms with Crippen LogP contribution in [0.15, 0.2) is 18.3 Å². The number of aromatic nitrogens is 1. The van der Waals surface area contributed by atoms with Crippen molar-refractivity contribution in [1.82, 2.24) is 15.2 Å². The molecule has 2 amide bonds. The monoisotopic (exact) mass is 410 g/mol. The minimum Gasteiger partial charge on any atom is -0.356 e. The summed E-state index contributed by atoms with van der Waals surface area (Å²) in [5, 5.41) is 3.11. The molecular weight excluding hydrogens is 376 g/mol. The van der Waals surface area contributed by atoms with Gasteiger partial charge in [-0.25, -0.2) is 4.98 Å². The molecule has 4 fully saturated rings. The molecule has 0 radical (unpaired) electrons. The van der Waals surface area contributed by atoms with Crippen LogP contribution in [0.25, 0.3) is 0 Å². The molecule has 0 aromatic carbocycles. The average Bonchev–Trinajstić information content (AvgIpc) is 2.79. The number of anilines is 1. The minimum absolute atomic E-state index is 0.00787. The number of nitrogens with zero attached hydrogens (tertiary/aromatic N) is 3. The Bertz CT molecular complexity index is 774. The summed E-state index contributed by atoms with van der Waals surface area (Å²) < 4.78 is 0. The molecule has 30 heavy (non-hydrogen) atoms. The third kappa shape index (κ3) is 4.06. The van der Waals surface area contributed by atoms with Crippen molar-refractivity contribution in [1.29, 1.82) is 0 Å². The van der Waals surface area contributed by atoms with Crippen LogP contribution >= 0.6 is 0 Å². The zero-order valence-electron chi connectivity index (χ0n) is 17.9. The Morgan fingerprint density at radius 2 is 1.93 bits per heavy atom. The minimum atomic E-state index is -0.00787. The number of hydrogen-bond acceptors (Lipinski definition) is 4. The van der Waals surface area contributed by atoms with Crippen molar-refractivity contribution in [2.45, 2.75) is 63.8 Å². The lowest BCUT2D eigenvalue weighted by atomic mass is 9.76. The first kappa shape index (κ1) is 19.8. The van der Waals surface area contributed by atoms with Crippen LogP contribution in [0.2, 0.25) is 0 Å². The molecule has 162 valence electrons. The third-order valence-electron chi connectivity index (χ3n) is 7.79. The fourth-order valence-electron chi connectivity index (χ4n) is 6.23. The number of amides is 2. The maximum absolute atomic E-state index is 12.5. The number of rotatable bonds is 4. The predicted octanol–water partition coefficient (Wildman–Crippen LogP) is 3.23. The van der Waals surface area contributed by atoms with Crippen LogP contribution in [-0.2, 0) is 4.79 Å². The predicted molar refractivity (Wildman–Crippen MR) is 116 cm³/mol. The lowest BCUT2D eigenvalue weighted by Crippen LogP contribution is -2.60. The molecule has 4 aliphatic rings. The fraction of sp³-hybridized carbons (Fsp3) is 0.708. The summed E-state index contributed by atoms with van der Waals surface area (Å²) in [6.45, 7) is 3.60. The first-order chi connectivity index (χ1) is 14.7. The summed E-state index contributed by atoms with van der Waals surface area (Å²) in [5.74, 6) is 3.02. The highest BCUT2D eigenvalue weighted by molar-refractivity contribution is 5.94. The Morgan fingerprint density at radius 1 is 1.07 bits per heavy atom. The van der Waals surface area contributed by atoms with Crippen molar-refractivity contribution in [3.8, 4) is 0 Å². The van der Waals surface area contributed by atoms with Gasteiger partial charge in [-0.05, 0) is 62.0 Å². The SMILES string of the molecule is O=C(NCC1CCCCC1)c1ccc(N2C[C@H]3C[C@H](C2)[C@H]2CCCC(=O)N2C3)nc1. The smallest absolute Gasteiger partial charge is 0.252 e. The number of pyridine rings is 1. The van der Waals surface area contributed by atoms with E-state index in [0.29, 0.717) is 35.3 Å². The van der Waals surface area contributed by atoms with E-state index in [-0.39, 0.29) is 5.91 Å². The molecule has 1 aromatic heterocycles. The third-order valence-corrected chi connectivity index (χ3v) is 7.79. The summed E-state index contributed by atoms with van der Waals surface area (Å²) in [6.07, 6.45) is 12.3. The molecule has 1 saturated carbocycles. The van der Waals surface area contributed by atoms with E-state index in [1.165, 1.54) is 38.5 Å². The molecule has 2 bridgehead atoms. The van der Waals surface area contributed by atoms with E-state index in [0.717, 1.165) is 51.3 Å². The molecule has 6 heteroatoms. The number of piperidine rings is 3. The maximum atomic E-state index is 12.5. The van der Waals surface area contributed by atoms with Gasteiger partial charge in [-0.1, -0.05) is 19.3 Å². The fourth-order valence-corrected chi connectivity index (χ4v) is 6.23. The highest BCUT2D eigenvalue weighted by atomic mass is 16.2.